The molecule has 0 aliphatic rings. The third kappa shape index (κ3) is 4.19. The van der Waals surface area contributed by atoms with Gasteiger partial charge in [-0.15, -0.1) is 10.2 Å². The third-order valence-electron chi connectivity index (χ3n) is 2.81. The fourth-order valence-corrected chi connectivity index (χ4v) is 2.70. The lowest BCUT2D eigenvalue weighted by molar-refractivity contribution is -0.115. The Morgan fingerprint density at radius 2 is 2.19 bits per heavy atom. The van der Waals surface area contributed by atoms with E-state index < -0.39 is 0 Å². The SMILES string of the molecule is Cc1c(CC(=O)Nc2nnc(CC(C)C)s2)nc[nH]c1=O. The molecular weight excluding hydrogens is 290 g/mol. The molecule has 2 aromatic rings. The smallest absolute Gasteiger partial charge is 0.253 e. The highest BCUT2D eigenvalue weighted by Crippen LogP contribution is 2.18. The van der Waals surface area contributed by atoms with Gasteiger partial charge in [-0.05, 0) is 12.8 Å². The minimum atomic E-state index is -0.261. The fourth-order valence-electron chi connectivity index (χ4n) is 1.73. The van der Waals surface area contributed by atoms with Gasteiger partial charge in [-0.2, -0.15) is 0 Å². The van der Waals surface area contributed by atoms with Gasteiger partial charge in [0.25, 0.3) is 5.56 Å². The summed E-state index contributed by atoms with van der Waals surface area (Å²) in [6, 6.07) is 0. The zero-order chi connectivity index (χ0) is 15.4. The van der Waals surface area contributed by atoms with Crippen LogP contribution in [0.4, 0.5) is 5.13 Å². The summed E-state index contributed by atoms with van der Waals surface area (Å²) in [5, 5.41) is 12.0. The number of aromatic nitrogens is 4. The number of aromatic amines is 1. The quantitative estimate of drug-likeness (QED) is 0.867. The number of nitrogens with one attached hydrogen (secondary N) is 2. The molecule has 2 aromatic heterocycles. The van der Waals surface area contributed by atoms with E-state index in [0.717, 1.165) is 11.4 Å². The number of carbonyl (C=O) groups is 1. The molecule has 112 valence electrons. The summed E-state index contributed by atoms with van der Waals surface area (Å²) < 4.78 is 0. The van der Waals surface area contributed by atoms with Crippen LogP contribution in [0.25, 0.3) is 0 Å². The molecule has 0 fully saturated rings. The van der Waals surface area contributed by atoms with Crippen LogP contribution in [-0.4, -0.2) is 26.1 Å². The van der Waals surface area contributed by atoms with Crippen molar-refractivity contribution in [2.24, 2.45) is 5.92 Å². The Hall–Kier alpha value is -2.09. The van der Waals surface area contributed by atoms with E-state index in [2.05, 4.69) is 39.3 Å². The van der Waals surface area contributed by atoms with E-state index in [9.17, 15) is 9.59 Å². The molecule has 0 aliphatic heterocycles. The third-order valence-corrected chi connectivity index (χ3v) is 3.67. The summed E-state index contributed by atoms with van der Waals surface area (Å²) in [4.78, 5) is 29.9. The number of nitrogens with zero attached hydrogens (tertiary/aromatic N) is 3. The van der Waals surface area contributed by atoms with Crippen LogP contribution in [0.5, 0.6) is 0 Å². The van der Waals surface area contributed by atoms with E-state index >= 15 is 0 Å². The molecular formula is C13H17N5O2S. The largest absolute Gasteiger partial charge is 0.313 e. The van der Waals surface area contributed by atoms with Gasteiger partial charge in [0.05, 0.1) is 18.4 Å². The number of hydrogen-bond donors (Lipinski definition) is 2. The van der Waals surface area contributed by atoms with Gasteiger partial charge in [0.15, 0.2) is 0 Å². The van der Waals surface area contributed by atoms with Crippen LogP contribution in [0.3, 0.4) is 0 Å². The number of amides is 1. The van der Waals surface area contributed by atoms with E-state index in [-0.39, 0.29) is 17.9 Å². The minimum Gasteiger partial charge on any atom is -0.313 e. The van der Waals surface area contributed by atoms with Crippen LogP contribution in [0.15, 0.2) is 11.1 Å². The monoisotopic (exact) mass is 307 g/mol. The van der Waals surface area contributed by atoms with Crippen LogP contribution < -0.4 is 10.9 Å². The van der Waals surface area contributed by atoms with Crippen LogP contribution in [0, 0.1) is 12.8 Å². The molecule has 21 heavy (non-hydrogen) atoms. The Kier molecular flexibility index (Phi) is 4.79. The first kappa shape index (κ1) is 15.3. The summed E-state index contributed by atoms with van der Waals surface area (Å²) in [5.41, 5.74) is 0.677. The molecule has 7 nitrogen and oxygen atoms in total. The average Bonchev–Trinajstić information content (AvgIpc) is 2.81. The summed E-state index contributed by atoms with van der Waals surface area (Å²) in [6.45, 7) is 5.84. The zero-order valence-electron chi connectivity index (χ0n) is 12.1. The first-order valence-corrected chi connectivity index (χ1v) is 7.42. The van der Waals surface area contributed by atoms with Crippen molar-refractivity contribution in [3.8, 4) is 0 Å². The Bertz CT molecular complexity index is 692. The fraction of sp³-hybridized carbons (Fsp3) is 0.462. The molecule has 0 atom stereocenters. The molecule has 1 amide bonds. The summed E-state index contributed by atoms with van der Waals surface area (Å²) >= 11 is 1.36. The van der Waals surface area contributed by atoms with Gasteiger partial charge in [0, 0.05) is 12.0 Å². The molecule has 0 saturated heterocycles. The van der Waals surface area contributed by atoms with Crippen molar-refractivity contribution < 1.29 is 4.79 Å². The van der Waals surface area contributed by atoms with Crippen molar-refractivity contribution in [3.05, 3.63) is 32.9 Å². The second-order valence-corrected chi connectivity index (χ2v) is 6.19. The maximum Gasteiger partial charge on any atom is 0.253 e. The lowest BCUT2D eigenvalue weighted by Gasteiger charge is -2.03. The second kappa shape index (κ2) is 6.57. The Morgan fingerprint density at radius 3 is 2.90 bits per heavy atom. The standard InChI is InChI=1S/C13H17N5O2S/c1-7(2)4-11-17-18-13(21-11)16-10(19)5-9-8(3)12(20)15-6-14-9/h6-7H,4-5H2,1-3H3,(H,14,15,20)(H,16,18,19). The van der Waals surface area contributed by atoms with Crippen LogP contribution >= 0.6 is 11.3 Å². The van der Waals surface area contributed by atoms with E-state index in [4.69, 9.17) is 0 Å². The van der Waals surface area contributed by atoms with Crippen LogP contribution in [0.1, 0.15) is 30.1 Å². The molecule has 0 saturated carbocycles. The highest BCUT2D eigenvalue weighted by molar-refractivity contribution is 7.15. The Labute approximate surface area is 125 Å². The molecule has 0 aromatic carbocycles. The molecule has 8 heteroatoms. The minimum absolute atomic E-state index is 0.0366. The van der Waals surface area contributed by atoms with E-state index in [1.807, 2.05) is 0 Å². The topological polar surface area (TPSA) is 101 Å². The molecule has 2 heterocycles. The highest BCUT2D eigenvalue weighted by Gasteiger charge is 2.12. The first-order valence-electron chi connectivity index (χ1n) is 6.61. The van der Waals surface area contributed by atoms with E-state index in [1.165, 1.54) is 17.7 Å². The van der Waals surface area contributed by atoms with Gasteiger partial charge in [0.1, 0.15) is 5.01 Å². The predicted molar refractivity (Wildman–Crippen MR) is 80.4 cm³/mol. The molecule has 0 unspecified atom stereocenters. The highest BCUT2D eigenvalue weighted by atomic mass is 32.1. The van der Waals surface area contributed by atoms with Crippen molar-refractivity contribution in [2.45, 2.75) is 33.6 Å². The molecule has 0 aliphatic carbocycles. The summed E-state index contributed by atoms with van der Waals surface area (Å²) in [7, 11) is 0. The maximum absolute atomic E-state index is 12.0. The Balaban J connectivity index is 2.00. The number of carbonyl (C=O) groups excluding carboxylic acids is 1. The van der Waals surface area contributed by atoms with Crippen molar-refractivity contribution in [2.75, 3.05) is 5.32 Å². The molecule has 0 radical (unpaired) electrons. The van der Waals surface area contributed by atoms with Crippen molar-refractivity contribution in [1.29, 1.82) is 0 Å². The molecule has 0 spiro atoms. The normalized spacial score (nSPS) is 10.9. The zero-order valence-corrected chi connectivity index (χ0v) is 13.0. The van der Waals surface area contributed by atoms with E-state index in [1.54, 1.807) is 6.92 Å². The first-order chi connectivity index (χ1) is 9.95. The van der Waals surface area contributed by atoms with Crippen molar-refractivity contribution in [1.82, 2.24) is 20.2 Å². The van der Waals surface area contributed by atoms with Gasteiger partial charge in [-0.1, -0.05) is 25.2 Å². The van der Waals surface area contributed by atoms with Crippen LogP contribution in [0.2, 0.25) is 0 Å². The van der Waals surface area contributed by atoms with Crippen molar-refractivity contribution in [3.63, 3.8) is 0 Å². The van der Waals surface area contributed by atoms with Gasteiger partial charge in [0.2, 0.25) is 11.0 Å². The van der Waals surface area contributed by atoms with Gasteiger partial charge >= 0.3 is 0 Å². The predicted octanol–water partition coefficient (Wildman–Crippen LogP) is 1.31. The lowest BCUT2D eigenvalue weighted by Crippen LogP contribution is -2.20. The van der Waals surface area contributed by atoms with Gasteiger partial charge < -0.3 is 10.3 Å². The maximum atomic E-state index is 12.0. The van der Waals surface area contributed by atoms with E-state index in [0.29, 0.717) is 22.3 Å². The number of rotatable bonds is 5. The second-order valence-electron chi connectivity index (χ2n) is 5.13. The average molecular weight is 307 g/mol. The van der Waals surface area contributed by atoms with Crippen molar-refractivity contribution >= 4 is 22.4 Å². The van der Waals surface area contributed by atoms with Gasteiger partial charge in [-0.3, -0.25) is 9.59 Å². The lowest BCUT2D eigenvalue weighted by atomic mass is 10.1. The van der Waals surface area contributed by atoms with Crippen LogP contribution in [-0.2, 0) is 17.6 Å². The summed E-state index contributed by atoms with van der Waals surface area (Å²) in [5.74, 6) is 0.229. The molecule has 2 N–H and O–H groups in total. The molecule has 0 bridgehead atoms. The summed E-state index contributed by atoms with van der Waals surface area (Å²) in [6.07, 6.45) is 2.17. The molecule has 2 rings (SSSR count). The van der Waals surface area contributed by atoms with Gasteiger partial charge in [-0.25, -0.2) is 4.98 Å². The Morgan fingerprint density at radius 1 is 1.43 bits per heavy atom. The number of hydrogen-bond acceptors (Lipinski definition) is 6. The number of anilines is 1. The number of H-pyrrole nitrogens is 1.